The van der Waals surface area contributed by atoms with E-state index in [4.69, 9.17) is 14.2 Å². The molecule has 0 aromatic heterocycles. The van der Waals surface area contributed by atoms with E-state index in [1.807, 2.05) is 0 Å². The molecule has 0 aliphatic rings. The molecule has 60 heavy (non-hydrogen) atoms. The van der Waals surface area contributed by atoms with Crippen molar-refractivity contribution in [2.45, 2.75) is 290 Å². The van der Waals surface area contributed by atoms with E-state index < -0.39 is 6.10 Å². The Morgan fingerprint density at radius 3 is 0.933 bits per heavy atom. The first-order chi connectivity index (χ1) is 29.5. The highest BCUT2D eigenvalue weighted by molar-refractivity contribution is 5.71. The Hall–Kier alpha value is -2.11. The van der Waals surface area contributed by atoms with Gasteiger partial charge in [0.05, 0.1) is 0 Å². The Kier molecular flexibility index (Phi) is 47.8. The highest BCUT2D eigenvalue weighted by atomic mass is 16.6. The van der Waals surface area contributed by atoms with Gasteiger partial charge in [0.15, 0.2) is 6.10 Å². The fraction of sp³-hybridized carbons (Fsp3) is 0.870. The first-order valence-corrected chi connectivity index (χ1v) is 26.3. The van der Waals surface area contributed by atoms with E-state index >= 15 is 0 Å². The summed E-state index contributed by atoms with van der Waals surface area (Å²) in [6, 6.07) is 0. The van der Waals surface area contributed by atoms with Crippen molar-refractivity contribution in [3.63, 3.8) is 0 Å². The zero-order valence-electron chi connectivity index (χ0n) is 40.2. The number of carbonyl (C=O) groups is 3. The normalized spacial score (nSPS) is 12.1. The number of hydrogen-bond donors (Lipinski definition) is 0. The van der Waals surface area contributed by atoms with Crippen LogP contribution in [0.15, 0.2) is 24.3 Å². The monoisotopic (exact) mass is 845 g/mol. The van der Waals surface area contributed by atoms with Crippen LogP contribution in [0.25, 0.3) is 0 Å². The summed E-state index contributed by atoms with van der Waals surface area (Å²) in [5.41, 5.74) is 0. The van der Waals surface area contributed by atoms with E-state index in [1.165, 1.54) is 173 Å². The maximum Gasteiger partial charge on any atom is 0.306 e. The highest BCUT2D eigenvalue weighted by Crippen LogP contribution is 2.16. The van der Waals surface area contributed by atoms with Crippen molar-refractivity contribution >= 4 is 17.9 Å². The minimum Gasteiger partial charge on any atom is -0.462 e. The summed E-state index contributed by atoms with van der Waals surface area (Å²) in [5, 5.41) is 0. The van der Waals surface area contributed by atoms with Gasteiger partial charge in [0.1, 0.15) is 13.2 Å². The molecule has 0 radical (unpaired) electrons. The minimum absolute atomic E-state index is 0.0821. The van der Waals surface area contributed by atoms with Gasteiger partial charge in [-0.15, -0.1) is 0 Å². The summed E-state index contributed by atoms with van der Waals surface area (Å²) in [6.45, 7) is 6.59. The Morgan fingerprint density at radius 2 is 0.567 bits per heavy atom. The van der Waals surface area contributed by atoms with Gasteiger partial charge in [0.25, 0.3) is 0 Å². The Morgan fingerprint density at radius 1 is 0.317 bits per heavy atom. The zero-order chi connectivity index (χ0) is 43.7. The zero-order valence-corrected chi connectivity index (χ0v) is 40.2. The molecule has 352 valence electrons. The van der Waals surface area contributed by atoms with Crippen molar-refractivity contribution in [3.05, 3.63) is 24.3 Å². The number of hydrogen-bond acceptors (Lipinski definition) is 6. The van der Waals surface area contributed by atoms with E-state index in [-0.39, 0.29) is 31.1 Å². The second-order valence-electron chi connectivity index (χ2n) is 17.8. The number of rotatable bonds is 48. The smallest absolute Gasteiger partial charge is 0.306 e. The summed E-state index contributed by atoms with van der Waals surface area (Å²) in [6.07, 6.45) is 56.1. The molecule has 6 nitrogen and oxygen atoms in total. The van der Waals surface area contributed by atoms with E-state index in [1.54, 1.807) is 0 Å². The van der Waals surface area contributed by atoms with Crippen LogP contribution in [0.3, 0.4) is 0 Å². The summed E-state index contributed by atoms with van der Waals surface area (Å²) < 4.78 is 16.7. The molecular formula is C54H100O6. The molecule has 1 unspecified atom stereocenters. The van der Waals surface area contributed by atoms with Crippen LogP contribution in [0.1, 0.15) is 284 Å². The van der Waals surface area contributed by atoms with Crippen LogP contribution in [0.5, 0.6) is 0 Å². The van der Waals surface area contributed by atoms with Crippen LogP contribution < -0.4 is 0 Å². The first-order valence-electron chi connectivity index (χ1n) is 26.3. The van der Waals surface area contributed by atoms with Crippen LogP contribution in [-0.4, -0.2) is 37.2 Å². The quantitative estimate of drug-likeness (QED) is 0.0263. The van der Waals surface area contributed by atoms with Gasteiger partial charge in [-0.1, -0.05) is 225 Å². The van der Waals surface area contributed by atoms with Crippen molar-refractivity contribution in [3.8, 4) is 0 Å². The van der Waals surface area contributed by atoms with Crippen LogP contribution in [0.4, 0.5) is 0 Å². The molecule has 0 heterocycles. The third kappa shape index (κ3) is 46.9. The number of ether oxygens (including phenoxy) is 3. The van der Waals surface area contributed by atoms with Crippen molar-refractivity contribution in [1.29, 1.82) is 0 Å². The standard InChI is InChI=1S/C54H100O6/c1-4-7-10-13-16-19-21-23-25-26-27-28-29-31-32-35-38-41-44-47-53(56)59-50-51(49-58-52(55)46-43-40-37-34-18-15-12-9-6-3)60-54(57)48-45-42-39-36-33-30-24-22-20-17-14-11-8-5-2/h30,33-34,37,51H,4-29,31-32,35-36,38-50H2,1-3H3/b33-30-,37-34-. The van der Waals surface area contributed by atoms with Crippen LogP contribution in [-0.2, 0) is 28.6 Å². The number of esters is 3. The third-order valence-corrected chi connectivity index (χ3v) is 11.7. The number of unbranched alkanes of at least 4 members (excludes halogenated alkanes) is 33. The van der Waals surface area contributed by atoms with Crippen LogP contribution >= 0.6 is 0 Å². The molecule has 0 N–H and O–H groups in total. The molecule has 0 saturated heterocycles. The lowest BCUT2D eigenvalue weighted by atomic mass is 10.0. The second kappa shape index (κ2) is 49.5. The van der Waals surface area contributed by atoms with Gasteiger partial charge < -0.3 is 14.2 Å². The molecule has 0 aliphatic carbocycles. The van der Waals surface area contributed by atoms with Gasteiger partial charge in [-0.2, -0.15) is 0 Å². The molecule has 1 atom stereocenters. The van der Waals surface area contributed by atoms with Crippen LogP contribution in [0, 0.1) is 0 Å². The average molecular weight is 845 g/mol. The van der Waals surface area contributed by atoms with Gasteiger partial charge in [-0.05, 0) is 64.2 Å². The SMILES string of the molecule is CCCCCC/C=C\CCCC(=O)OCC(COC(=O)CCCCCCCCCCCCCCCCCCCCC)OC(=O)CCCCC/C=C\CCCCCCCCC. The Balaban J connectivity index is 4.27. The van der Waals surface area contributed by atoms with E-state index in [9.17, 15) is 14.4 Å². The van der Waals surface area contributed by atoms with Gasteiger partial charge in [-0.3, -0.25) is 14.4 Å². The van der Waals surface area contributed by atoms with Crippen molar-refractivity contribution in [2.75, 3.05) is 13.2 Å². The fourth-order valence-electron chi connectivity index (χ4n) is 7.68. The third-order valence-electron chi connectivity index (χ3n) is 11.7. The lowest BCUT2D eigenvalue weighted by Crippen LogP contribution is -2.30. The average Bonchev–Trinajstić information content (AvgIpc) is 3.24. The summed E-state index contributed by atoms with van der Waals surface area (Å²) in [5.74, 6) is -0.923. The fourth-order valence-corrected chi connectivity index (χ4v) is 7.68. The van der Waals surface area contributed by atoms with Gasteiger partial charge in [-0.25, -0.2) is 0 Å². The molecule has 6 heteroatoms. The lowest BCUT2D eigenvalue weighted by molar-refractivity contribution is -0.167. The van der Waals surface area contributed by atoms with Gasteiger partial charge in [0, 0.05) is 19.3 Å². The second-order valence-corrected chi connectivity index (χ2v) is 17.8. The molecule has 0 aliphatic heterocycles. The van der Waals surface area contributed by atoms with Gasteiger partial charge >= 0.3 is 17.9 Å². The summed E-state index contributed by atoms with van der Waals surface area (Å²) in [4.78, 5) is 37.8. The predicted molar refractivity (Wildman–Crippen MR) is 256 cm³/mol. The summed E-state index contributed by atoms with van der Waals surface area (Å²) in [7, 11) is 0. The highest BCUT2D eigenvalue weighted by Gasteiger charge is 2.19. The molecule has 0 fully saturated rings. The first kappa shape index (κ1) is 57.9. The summed E-state index contributed by atoms with van der Waals surface area (Å²) >= 11 is 0. The molecule has 0 rings (SSSR count). The molecule has 0 spiro atoms. The molecule has 0 aromatic rings. The van der Waals surface area contributed by atoms with Crippen molar-refractivity contribution in [2.24, 2.45) is 0 Å². The minimum atomic E-state index is -0.784. The predicted octanol–water partition coefficient (Wildman–Crippen LogP) is 17.2. The Bertz CT molecular complexity index is 973. The van der Waals surface area contributed by atoms with E-state index in [0.717, 1.165) is 70.6 Å². The molecule has 0 bridgehead atoms. The topological polar surface area (TPSA) is 78.9 Å². The Labute approximate surface area is 373 Å². The maximum atomic E-state index is 12.8. The molecular weight excluding hydrogens is 745 g/mol. The van der Waals surface area contributed by atoms with Crippen molar-refractivity contribution in [1.82, 2.24) is 0 Å². The lowest BCUT2D eigenvalue weighted by Gasteiger charge is -2.18. The largest absolute Gasteiger partial charge is 0.462 e. The van der Waals surface area contributed by atoms with Gasteiger partial charge in [0.2, 0.25) is 0 Å². The number of allylic oxidation sites excluding steroid dienone is 4. The maximum absolute atomic E-state index is 12.8. The molecule has 0 aromatic carbocycles. The van der Waals surface area contributed by atoms with E-state index in [0.29, 0.717) is 19.3 Å². The molecule has 0 amide bonds. The van der Waals surface area contributed by atoms with Crippen molar-refractivity contribution < 1.29 is 28.6 Å². The number of carbonyl (C=O) groups excluding carboxylic acids is 3. The molecule has 0 saturated carbocycles. The van der Waals surface area contributed by atoms with Crippen LogP contribution in [0.2, 0.25) is 0 Å². The van der Waals surface area contributed by atoms with E-state index in [2.05, 4.69) is 45.1 Å².